The number of aliphatic hydroxyl groups is 1. The number of hydrogen-bond acceptors (Lipinski definition) is 7. The number of oxazole rings is 1. The third-order valence-electron chi connectivity index (χ3n) is 7.74. The van der Waals surface area contributed by atoms with E-state index >= 15 is 0 Å². The number of amides is 2. The average Bonchev–Trinajstić information content (AvgIpc) is 3.55. The van der Waals surface area contributed by atoms with Crippen molar-refractivity contribution in [2.75, 3.05) is 12.3 Å². The van der Waals surface area contributed by atoms with Crippen molar-refractivity contribution in [3.63, 3.8) is 0 Å². The van der Waals surface area contributed by atoms with Gasteiger partial charge in [0.1, 0.15) is 5.69 Å². The van der Waals surface area contributed by atoms with Gasteiger partial charge in [0.25, 0.3) is 5.22 Å². The second kappa shape index (κ2) is 15.2. The zero-order chi connectivity index (χ0) is 31.7. The van der Waals surface area contributed by atoms with Crippen molar-refractivity contribution in [3.8, 4) is 22.6 Å². The smallest absolute Gasteiger partial charge is 0.315 e. The van der Waals surface area contributed by atoms with Crippen molar-refractivity contribution in [2.45, 2.75) is 50.2 Å². The number of aromatic nitrogens is 1. The summed E-state index contributed by atoms with van der Waals surface area (Å²) in [5, 5.41) is 15.7. The number of aliphatic hydroxyl groups excluding tert-OH is 1. The molecule has 2 amide bonds. The van der Waals surface area contributed by atoms with E-state index in [9.17, 15) is 9.90 Å². The van der Waals surface area contributed by atoms with Crippen LogP contribution in [-0.4, -0.2) is 34.5 Å². The molecule has 1 unspecified atom stereocenters. The first-order chi connectivity index (χ1) is 22.6. The molecule has 0 aliphatic carbocycles. The molecule has 6 rings (SSSR count). The fraction of sp³-hybridized carbons (Fsp3) is 0.243. The van der Waals surface area contributed by atoms with E-state index in [0.717, 1.165) is 44.8 Å². The van der Waals surface area contributed by atoms with E-state index in [1.54, 1.807) is 0 Å². The Morgan fingerprint density at radius 3 is 2.15 bits per heavy atom. The molecule has 1 aromatic heterocycles. The zero-order valence-electron chi connectivity index (χ0n) is 25.6. The fourth-order valence-corrected chi connectivity index (χ4v) is 6.17. The molecule has 8 nitrogen and oxygen atoms in total. The maximum Gasteiger partial charge on any atom is 0.315 e. The second-order valence-electron chi connectivity index (χ2n) is 11.0. The Morgan fingerprint density at radius 2 is 1.48 bits per heavy atom. The van der Waals surface area contributed by atoms with Gasteiger partial charge in [-0.1, -0.05) is 121 Å². The number of rotatable bonds is 11. The molecule has 1 fully saturated rings. The van der Waals surface area contributed by atoms with Crippen LogP contribution in [0.2, 0.25) is 0 Å². The van der Waals surface area contributed by atoms with Gasteiger partial charge in [0, 0.05) is 42.0 Å². The van der Waals surface area contributed by atoms with Crippen LogP contribution in [0.25, 0.3) is 22.6 Å². The van der Waals surface area contributed by atoms with Crippen LogP contribution in [0.15, 0.2) is 119 Å². The standard InChI is InChI=1S/C37H37N3O5S/c1-2-38-36(42)39-22-25-13-19-30(20-14-25)35-43-31(21-32(44-35)27-17-15-26(23-41)16-18-27)24-46-37-40-33(28-9-5-3-6-10-28)34(45-37)29-11-7-4-8-12-29/h3-20,31-32,35,41H,2,21-24H2,1H3,(H2,38,39,42)/t31-,32+,35?/m0/s1. The summed E-state index contributed by atoms with van der Waals surface area (Å²) in [5.74, 6) is 1.35. The Balaban J connectivity index is 1.21. The molecule has 0 spiro atoms. The lowest BCUT2D eigenvalue weighted by Crippen LogP contribution is -2.34. The average molecular weight is 636 g/mol. The highest BCUT2D eigenvalue weighted by molar-refractivity contribution is 7.99. The summed E-state index contributed by atoms with van der Waals surface area (Å²) in [6, 6.07) is 35.7. The largest absolute Gasteiger partial charge is 0.431 e. The van der Waals surface area contributed by atoms with Gasteiger partial charge in [-0.25, -0.2) is 9.78 Å². The van der Waals surface area contributed by atoms with E-state index in [1.165, 1.54) is 11.8 Å². The van der Waals surface area contributed by atoms with Crippen molar-refractivity contribution in [1.82, 2.24) is 15.6 Å². The Hall–Kier alpha value is -4.41. The molecule has 236 valence electrons. The SMILES string of the molecule is CCNC(=O)NCc1ccc(C2O[C@H](CSc3nc(-c4ccccc4)c(-c4ccccc4)o3)C[C@H](c3ccc(CO)cc3)O2)cc1. The minimum absolute atomic E-state index is 0.00972. The van der Waals surface area contributed by atoms with Crippen molar-refractivity contribution in [3.05, 3.63) is 131 Å². The number of carbonyl (C=O) groups excluding carboxylic acids is 1. The Morgan fingerprint density at radius 1 is 0.826 bits per heavy atom. The van der Waals surface area contributed by atoms with Gasteiger partial charge in [-0.15, -0.1) is 0 Å². The predicted molar refractivity (Wildman–Crippen MR) is 179 cm³/mol. The molecule has 0 saturated carbocycles. The van der Waals surface area contributed by atoms with E-state index in [2.05, 4.69) is 10.6 Å². The normalized spacial score (nSPS) is 17.8. The van der Waals surface area contributed by atoms with Crippen LogP contribution in [0.5, 0.6) is 0 Å². The van der Waals surface area contributed by atoms with Crippen LogP contribution in [0.4, 0.5) is 4.79 Å². The maximum absolute atomic E-state index is 11.8. The molecular formula is C37H37N3O5S. The molecule has 1 saturated heterocycles. The van der Waals surface area contributed by atoms with Crippen molar-refractivity contribution < 1.29 is 23.8 Å². The number of hydrogen-bond donors (Lipinski definition) is 3. The van der Waals surface area contributed by atoms with Gasteiger partial charge in [-0.05, 0) is 23.6 Å². The Bertz CT molecular complexity index is 1640. The first-order valence-corrected chi connectivity index (χ1v) is 16.4. The first kappa shape index (κ1) is 31.6. The van der Waals surface area contributed by atoms with E-state index in [-0.39, 0.29) is 24.8 Å². The molecule has 1 aliphatic rings. The molecule has 5 aromatic rings. The van der Waals surface area contributed by atoms with Crippen LogP contribution in [-0.2, 0) is 22.6 Å². The van der Waals surface area contributed by atoms with Crippen molar-refractivity contribution in [1.29, 1.82) is 0 Å². The highest BCUT2D eigenvalue weighted by Gasteiger charge is 2.33. The van der Waals surface area contributed by atoms with Crippen LogP contribution in [0, 0.1) is 0 Å². The summed E-state index contributed by atoms with van der Waals surface area (Å²) >= 11 is 1.53. The van der Waals surface area contributed by atoms with Crippen LogP contribution >= 0.6 is 11.8 Å². The second-order valence-corrected chi connectivity index (χ2v) is 12.0. The number of nitrogens with zero attached hydrogens (tertiary/aromatic N) is 1. The first-order valence-electron chi connectivity index (χ1n) is 15.4. The minimum atomic E-state index is -0.586. The van der Waals surface area contributed by atoms with Gasteiger partial charge in [-0.3, -0.25) is 0 Å². The minimum Gasteiger partial charge on any atom is -0.431 e. The van der Waals surface area contributed by atoms with Gasteiger partial charge < -0.3 is 29.6 Å². The zero-order valence-corrected chi connectivity index (χ0v) is 26.4. The topological polar surface area (TPSA) is 106 Å². The lowest BCUT2D eigenvalue weighted by Gasteiger charge is -2.36. The number of nitrogens with one attached hydrogen (secondary N) is 2. The quantitative estimate of drug-likeness (QED) is 0.128. The van der Waals surface area contributed by atoms with E-state index in [1.807, 2.05) is 116 Å². The van der Waals surface area contributed by atoms with Crippen LogP contribution < -0.4 is 10.6 Å². The highest BCUT2D eigenvalue weighted by Crippen LogP contribution is 2.41. The molecule has 2 heterocycles. The number of benzene rings is 4. The highest BCUT2D eigenvalue weighted by atomic mass is 32.2. The summed E-state index contributed by atoms with van der Waals surface area (Å²) in [6.07, 6.45) is -0.302. The third-order valence-corrected chi connectivity index (χ3v) is 8.70. The van der Waals surface area contributed by atoms with E-state index < -0.39 is 6.29 Å². The fourth-order valence-electron chi connectivity index (χ4n) is 5.32. The number of urea groups is 1. The lowest BCUT2D eigenvalue weighted by atomic mass is 10.0. The maximum atomic E-state index is 11.8. The molecule has 0 bridgehead atoms. The summed E-state index contributed by atoms with van der Waals surface area (Å²) in [7, 11) is 0. The van der Waals surface area contributed by atoms with Crippen molar-refractivity contribution in [2.24, 2.45) is 0 Å². The number of ether oxygens (including phenoxy) is 2. The predicted octanol–water partition coefficient (Wildman–Crippen LogP) is 7.66. The van der Waals surface area contributed by atoms with E-state index in [0.29, 0.717) is 30.5 Å². The summed E-state index contributed by atoms with van der Waals surface area (Å²) < 4.78 is 19.4. The van der Waals surface area contributed by atoms with Gasteiger partial charge in [0.05, 0.1) is 18.8 Å². The lowest BCUT2D eigenvalue weighted by molar-refractivity contribution is -0.245. The molecule has 1 aliphatic heterocycles. The van der Waals surface area contributed by atoms with Gasteiger partial charge in [0.15, 0.2) is 12.1 Å². The van der Waals surface area contributed by atoms with Crippen LogP contribution in [0.1, 0.15) is 48.0 Å². The number of thioether (sulfide) groups is 1. The monoisotopic (exact) mass is 635 g/mol. The third kappa shape index (κ3) is 7.86. The van der Waals surface area contributed by atoms with Gasteiger partial charge in [-0.2, -0.15) is 0 Å². The molecule has 46 heavy (non-hydrogen) atoms. The molecule has 4 aromatic carbocycles. The Labute approximate surface area is 273 Å². The van der Waals surface area contributed by atoms with Crippen molar-refractivity contribution >= 4 is 17.8 Å². The van der Waals surface area contributed by atoms with Crippen LogP contribution in [0.3, 0.4) is 0 Å². The van der Waals surface area contributed by atoms with E-state index in [4.69, 9.17) is 18.9 Å². The summed E-state index contributed by atoms with van der Waals surface area (Å²) in [4.78, 5) is 16.7. The molecule has 9 heteroatoms. The summed E-state index contributed by atoms with van der Waals surface area (Å²) in [6.45, 7) is 2.87. The molecule has 0 radical (unpaired) electrons. The van der Waals surface area contributed by atoms with Gasteiger partial charge in [0.2, 0.25) is 0 Å². The number of carbonyl (C=O) groups is 1. The molecule has 3 N–H and O–H groups in total. The Kier molecular flexibility index (Phi) is 10.5. The molecule has 3 atom stereocenters. The molecular weight excluding hydrogens is 598 g/mol. The van der Waals surface area contributed by atoms with Gasteiger partial charge >= 0.3 is 6.03 Å². The summed E-state index contributed by atoms with van der Waals surface area (Å²) in [5.41, 5.74) is 6.52.